The van der Waals surface area contributed by atoms with E-state index in [9.17, 15) is 10.1 Å². The molecule has 0 aliphatic rings. The van der Waals surface area contributed by atoms with E-state index >= 15 is 0 Å². The molecule has 32 heavy (non-hydrogen) atoms. The number of benzene rings is 1. The van der Waals surface area contributed by atoms with Crippen LogP contribution in [0.25, 0.3) is 32.5 Å². The minimum atomic E-state index is -1.01. The highest BCUT2D eigenvalue weighted by Gasteiger charge is 2.25. The lowest BCUT2D eigenvalue weighted by Gasteiger charge is -2.11. The number of hydrogen-bond donors (Lipinski definition) is 4. The van der Waals surface area contributed by atoms with Crippen molar-refractivity contribution in [1.29, 1.82) is 5.26 Å². The number of nitrogen functional groups attached to an aromatic ring is 1. The monoisotopic (exact) mass is 453 g/mol. The van der Waals surface area contributed by atoms with Gasteiger partial charge in [-0.3, -0.25) is 0 Å². The fourth-order valence-corrected chi connectivity index (χ4v) is 4.26. The smallest absolute Gasteiger partial charge is 0.410 e. The Labute approximate surface area is 186 Å². The number of nitrogens with two attached hydrogens (primary N) is 2. The molecule has 0 fully saturated rings. The SMILES string of the molecule is N#Cc1c(NCCOCCO)nc2sc(OC(N)=O)c(N)c2c1-c1cc2ccccc2o1. The van der Waals surface area contributed by atoms with E-state index in [0.29, 0.717) is 46.1 Å². The molecule has 0 bridgehead atoms. The summed E-state index contributed by atoms with van der Waals surface area (Å²) < 4.78 is 16.3. The number of carbonyl (C=O) groups excluding carboxylic acids is 1. The third kappa shape index (κ3) is 4.02. The van der Waals surface area contributed by atoms with Crippen molar-refractivity contribution in [2.24, 2.45) is 5.73 Å². The molecular weight excluding hydrogens is 434 g/mol. The van der Waals surface area contributed by atoms with E-state index in [2.05, 4.69) is 16.4 Å². The van der Waals surface area contributed by atoms with Crippen molar-refractivity contribution in [1.82, 2.24) is 4.98 Å². The second-order valence-corrected chi connectivity index (χ2v) is 7.60. The second kappa shape index (κ2) is 9.11. The summed E-state index contributed by atoms with van der Waals surface area (Å²) in [5.74, 6) is 0.722. The van der Waals surface area contributed by atoms with Crippen molar-refractivity contribution >= 4 is 50.1 Å². The first-order chi connectivity index (χ1) is 15.5. The lowest BCUT2D eigenvalue weighted by molar-refractivity contribution is 0.0992. The molecule has 6 N–H and O–H groups in total. The lowest BCUT2D eigenvalue weighted by atomic mass is 10.0. The molecule has 0 radical (unpaired) electrons. The molecule has 0 saturated carbocycles. The van der Waals surface area contributed by atoms with Crippen LogP contribution in [0.5, 0.6) is 5.06 Å². The van der Waals surface area contributed by atoms with Crippen LogP contribution < -0.4 is 21.5 Å². The first-order valence-corrected chi connectivity index (χ1v) is 10.4. The van der Waals surface area contributed by atoms with Crippen molar-refractivity contribution in [2.75, 3.05) is 37.4 Å². The van der Waals surface area contributed by atoms with Crippen LogP contribution in [-0.4, -0.2) is 42.5 Å². The van der Waals surface area contributed by atoms with Crippen LogP contribution >= 0.6 is 11.3 Å². The van der Waals surface area contributed by atoms with E-state index < -0.39 is 6.09 Å². The number of pyridine rings is 1. The highest BCUT2D eigenvalue weighted by atomic mass is 32.1. The summed E-state index contributed by atoms with van der Waals surface area (Å²) in [5.41, 5.74) is 12.9. The number of anilines is 2. The van der Waals surface area contributed by atoms with E-state index in [1.165, 1.54) is 0 Å². The third-order valence-corrected chi connectivity index (χ3v) is 5.57. The minimum absolute atomic E-state index is 0.0824. The quantitative estimate of drug-likeness (QED) is 0.293. The number of carbonyl (C=O) groups is 1. The molecule has 1 aromatic carbocycles. The summed E-state index contributed by atoms with van der Waals surface area (Å²) in [5, 5.41) is 23.3. The molecule has 1 amide bonds. The average Bonchev–Trinajstić information content (AvgIpc) is 3.33. The number of primary amides is 1. The molecule has 0 spiro atoms. The number of aliphatic hydroxyl groups excluding tert-OH is 1. The van der Waals surface area contributed by atoms with Gasteiger partial charge in [0.15, 0.2) is 0 Å². The fraction of sp³-hybridized carbons (Fsp3) is 0.190. The maximum Gasteiger partial charge on any atom is 0.410 e. The summed E-state index contributed by atoms with van der Waals surface area (Å²) >= 11 is 1.03. The standard InChI is InChI=1S/C21H19N5O5S/c22-10-12-15(14-9-11-3-1-2-4-13(11)30-14)16-17(23)20(31-21(24)28)32-19(16)26-18(12)25-5-7-29-8-6-27/h1-4,9,27H,5-8,23H2,(H2,24,28)(H,25,26). The molecular formula is C21H19N5O5S. The van der Waals surface area contributed by atoms with Crippen LogP contribution in [0.2, 0.25) is 0 Å². The van der Waals surface area contributed by atoms with Gasteiger partial charge in [0.2, 0.25) is 5.06 Å². The van der Waals surface area contributed by atoms with Crippen LogP contribution in [0.15, 0.2) is 34.7 Å². The van der Waals surface area contributed by atoms with Gasteiger partial charge >= 0.3 is 6.09 Å². The van der Waals surface area contributed by atoms with E-state index in [1.807, 2.05) is 30.3 Å². The lowest BCUT2D eigenvalue weighted by Crippen LogP contribution is -2.16. The fourth-order valence-electron chi connectivity index (χ4n) is 3.30. The molecule has 4 aromatic rings. The Morgan fingerprint density at radius 1 is 1.34 bits per heavy atom. The molecule has 0 saturated heterocycles. The number of hydrogen-bond acceptors (Lipinski definition) is 10. The molecule has 4 rings (SSSR count). The molecule has 3 heterocycles. The zero-order chi connectivity index (χ0) is 22.7. The summed E-state index contributed by atoms with van der Waals surface area (Å²) in [6.45, 7) is 0.770. The van der Waals surface area contributed by atoms with Crippen molar-refractivity contribution < 1.29 is 23.8 Å². The van der Waals surface area contributed by atoms with Crippen molar-refractivity contribution in [3.8, 4) is 22.5 Å². The summed E-state index contributed by atoms with van der Waals surface area (Å²) in [6.07, 6.45) is -1.01. The molecule has 0 aliphatic carbocycles. The van der Waals surface area contributed by atoms with E-state index in [0.717, 1.165) is 16.7 Å². The Balaban J connectivity index is 1.89. The Morgan fingerprint density at radius 3 is 2.88 bits per heavy atom. The minimum Gasteiger partial charge on any atom is -0.456 e. The first kappa shape index (κ1) is 21.4. The first-order valence-electron chi connectivity index (χ1n) is 9.58. The zero-order valence-corrected chi connectivity index (χ0v) is 17.6. The molecule has 3 aromatic heterocycles. The number of amides is 1. The number of thiophene rings is 1. The molecule has 0 aliphatic heterocycles. The van der Waals surface area contributed by atoms with Crippen molar-refractivity contribution in [2.45, 2.75) is 0 Å². The zero-order valence-electron chi connectivity index (χ0n) is 16.8. The van der Waals surface area contributed by atoms with Crippen LogP contribution in [-0.2, 0) is 4.74 Å². The van der Waals surface area contributed by atoms with Crippen LogP contribution in [0.1, 0.15) is 5.56 Å². The number of para-hydroxylation sites is 1. The van der Waals surface area contributed by atoms with E-state index in [-0.39, 0.29) is 29.5 Å². The van der Waals surface area contributed by atoms with Crippen LogP contribution in [0.4, 0.5) is 16.3 Å². The van der Waals surface area contributed by atoms with Crippen LogP contribution in [0.3, 0.4) is 0 Å². The topological polar surface area (TPSA) is 170 Å². The number of fused-ring (bicyclic) bond motifs is 2. The Morgan fingerprint density at radius 2 is 2.16 bits per heavy atom. The number of aromatic nitrogens is 1. The molecule has 10 nitrogen and oxygen atoms in total. The van der Waals surface area contributed by atoms with Crippen molar-refractivity contribution in [3.05, 3.63) is 35.9 Å². The molecule has 0 unspecified atom stereocenters. The highest BCUT2D eigenvalue weighted by molar-refractivity contribution is 7.21. The van der Waals surface area contributed by atoms with Crippen LogP contribution in [0, 0.1) is 11.3 Å². The molecule has 164 valence electrons. The Kier molecular flexibility index (Phi) is 6.09. The molecule has 11 heteroatoms. The predicted molar refractivity (Wildman–Crippen MR) is 121 cm³/mol. The van der Waals surface area contributed by atoms with E-state index in [4.69, 9.17) is 30.5 Å². The van der Waals surface area contributed by atoms with Gasteiger partial charge in [0.25, 0.3) is 0 Å². The molecule has 0 atom stereocenters. The van der Waals surface area contributed by atoms with Gasteiger partial charge < -0.3 is 35.8 Å². The van der Waals surface area contributed by atoms with Gasteiger partial charge in [-0.1, -0.05) is 29.5 Å². The van der Waals surface area contributed by atoms with Gasteiger partial charge in [0, 0.05) is 11.9 Å². The second-order valence-electron chi connectivity index (χ2n) is 6.64. The number of nitrogens with zero attached hydrogens (tertiary/aromatic N) is 2. The van der Waals surface area contributed by atoms with Gasteiger partial charge in [0.1, 0.15) is 33.6 Å². The Bertz CT molecular complexity index is 1310. The number of furan rings is 1. The normalized spacial score (nSPS) is 11.0. The summed E-state index contributed by atoms with van der Waals surface area (Å²) in [7, 11) is 0. The van der Waals surface area contributed by atoms with Gasteiger partial charge in [-0.25, -0.2) is 9.78 Å². The van der Waals surface area contributed by atoms with Crippen molar-refractivity contribution in [3.63, 3.8) is 0 Å². The largest absolute Gasteiger partial charge is 0.456 e. The predicted octanol–water partition coefficient (Wildman–Crippen LogP) is 3.04. The maximum atomic E-state index is 11.3. The van der Waals surface area contributed by atoms with Gasteiger partial charge in [0.05, 0.1) is 36.5 Å². The maximum absolute atomic E-state index is 11.3. The number of rotatable bonds is 8. The highest BCUT2D eigenvalue weighted by Crippen LogP contribution is 2.47. The number of ether oxygens (including phenoxy) is 2. The summed E-state index contributed by atoms with van der Waals surface area (Å²) in [6, 6.07) is 11.4. The number of nitriles is 1. The number of nitrogens with one attached hydrogen (secondary N) is 1. The Hall–Kier alpha value is -3.85. The average molecular weight is 453 g/mol. The van der Waals surface area contributed by atoms with Gasteiger partial charge in [-0.2, -0.15) is 5.26 Å². The summed E-state index contributed by atoms with van der Waals surface area (Å²) in [4.78, 5) is 16.3. The van der Waals surface area contributed by atoms with Gasteiger partial charge in [-0.15, -0.1) is 0 Å². The third-order valence-electron chi connectivity index (χ3n) is 4.59. The van der Waals surface area contributed by atoms with E-state index in [1.54, 1.807) is 0 Å². The van der Waals surface area contributed by atoms with Gasteiger partial charge in [-0.05, 0) is 12.1 Å². The number of aliphatic hydroxyl groups is 1.